The summed E-state index contributed by atoms with van der Waals surface area (Å²) < 4.78 is 0. The Morgan fingerprint density at radius 3 is 2.56 bits per heavy atom. The van der Waals surface area contributed by atoms with E-state index in [4.69, 9.17) is 5.73 Å². The van der Waals surface area contributed by atoms with Crippen LogP contribution in [0.15, 0.2) is 30.3 Å². The molecule has 0 unspecified atom stereocenters. The van der Waals surface area contributed by atoms with Crippen LogP contribution in [0.3, 0.4) is 0 Å². The molecule has 5 heteroatoms. The average Bonchev–Trinajstić information content (AvgIpc) is 2.65. The standard InChI is InChI=1S/C11H15N5/c1-11(2,12)8-10-13-15-16(14-10)9-6-4-3-5-7-9/h3-7H,8,12H2,1-2H3. The van der Waals surface area contributed by atoms with Gasteiger partial charge in [0.05, 0.1) is 5.69 Å². The minimum absolute atomic E-state index is 0.315. The van der Waals surface area contributed by atoms with Gasteiger partial charge in [-0.3, -0.25) is 0 Å². The fourth-order valence-electron chi connectivity index (χ4n) is 1.39. The molecule has 0 saturated carbocycles. The molecule has 0 aliphatic rings. The number of hydrogen-bond donors (Lipinski definition) is 1. The van der Waals surface area contributed by atoms with Crippen LogP contribution in [-0.2, 0) is 6.42 Å². The highest BCUT2D eigenvalue weighted by Crippen LogP contribution is 2.07. The van der Waals surface area contributed by atoms with Gasteiger partial charge in [-0.25, -0.2) is 0 Å². The summed E-state index contributed by atoms with van der Waals surface area (Å²) in [4.78, 5) is 1.51. The molecule has 0 aliphatic carbocycles. The molecule has 0 radical (unpaired) electrons. The number of nitrogens with zero attached hydrogens (tertiary/aromatic N) is 4. The summed E-state index contributed by atoms with van der Waals surface area (Å²) in [6, 6.07) is 9.68. The predicted molar refractivity (Wildman–Crippen MR) is 61.1 cm³/mol. The Morgan fingerprint density at radius 1 is 1.25 bits per heavy atom. The monoisotopic (exact) mass is 217 g/mol. The minimum Gasteiger partial charge on any atom is -0.325 e. The third kappa shape index (κ3) is 2.64. The third-order valence-corrected chi connectivity index (χ3v) is 2.06. The van der Waals surface area contributed by atoms with Gasteiger partial charge in [0.2, 0.25) is 0 Å². The Hall–Kier alpha value is -1.75. The van der Waals surface area contributed by atoms with Crippen LogP contribution in [0, 0.1) is 0 Å². The zero-order chi connectivity index (χ0) is 11.6. The number of aromatic nitrogens is 4. The lowest BCUT2D eigenvalue weighted by Crippen LogP contribution is -2.34. The van der Waals surface area contributed by atoms with E-state index in [0.29, 0.717) is 12.2 Å². The van der Waals surface area contributed by atoms with Crippen LogP contribution in [0.2, 0.25) is 0 Å². The summed E-state index contributed by atoms with van der Waals surface area (Å²) in [6.07, 6.45) is 0.611. The molecule has 0 fully saturated rings. The highest BCUT2D eigenvalue weighted by atomic mass is 15.6. The number of hydrogen-bond acceptors (Lipinski definition) is 4. The van der Waals surface area contributed by atoms with Crippen molar-refractivity contribution in [3.63, 3.8) is 0 Å². The largest absolute Gasteiger partial charge is 0.325 e. The summed E-state index contributed by atoms with van der Waals surface area (Å²) in [6.45, 7) is 3.88. The molecular weight excluding hydrogens is 202 g/mol. The van der Waals surface area contributed by atoms with Crippen molar-refractivity contribution in [1.82, 2.24) is 20.2 Å². The van der Waals surface area contributed by atoms with E-state index in [0.717, 1.165) is 5.69 Å². The maximum Gasteiger partial charge on any atom is 0.177 e. The van der Waals surface area contributed by atoms with Gasteiger partial charge in [-0.2, -0.15) is 0 Å². The van der Waals surface area contributed by atoms with Gasteiger partial charge in [0.25, 0.3) is 0 Å². The first-order valence-electron chi connectivity index (χ1n) is 5.18. The number of benzene rings is 1. The van der Waals surface area contributed by atoms with Crippen LogP contribution in [0.4, 0.5) is 0 Å². The Kier molecular flexibility index (Phi) is 2.70. The molecule has 5 nitrogen and oxygen atoms in total. The third-order valence-electron chi connectivity index (χ3n) is 2.06. The van der Waals surface area contributed by atoms with Gasteiger partial charge in [0, 0.05) is 12.0 Å². The molecule has 0 spiro atoms. The zero-order valence-corrected chi connectivity index (χ0v) is 9.46. The first kappa shape index (κ1) is 10.8. The topological polar surface area (TPSA) is 69.6 Å². The second kappa shape index (κ2) is 4.02. The molecular formula is C11H15N5. The van der Waals surface area contributed by atoms with Crippen molar-refractivity contribution >= 4 is 0 Å². The normalized spacial score (nSPS) is 11.7. The van der Waals surface area contributed by atoms with Gasteiger partial charge in [0.1, 0.15) is 0 Å². The van der Waals surface area contributed by atoms with Crippen LogP contribution in [0.1, 0.15) is 19.7 Å². The van der Waals surface area contributed by atoms with Crippen molar-refractivity contribution in [3.05, 3.63) is 36.2 Å². The maximum atomic E-state index is 5.90. The van der Waals surface area contributed by atoms with E-state index in [9.17, 15) is 0 Å². The fraction of sp³-hybridized carbons (Fsp3) is 0.364. The number of nitrogens with two attached hydrogens (primary N) is 1. The van der Waals surface area contributed by atoms with Gasteiger partial charge >= 0.3 is 0 Å². The second-order valence-corrected chi connectivity index (χ2v) is 4.50. The summed E-state index contributed by atoms with van der Waals surface area (Å²) in [5.41, 5.74) is 6.48. The van der Waals surface area contributed by atoms with Gasteiger partial charge in [-0.1, -0.05) is 18.2 Å². The first-order valence-corrected chi connectivity index (χ1v) is 5.18. The van der Waals surface area contributed by atoms with Crippen LogP contribution in [0.5, 0.6) is 0 Å². The van der Waals surface area contributed by atoms with Crippen LogP contribution in [-0.4, -0.2) is 25.7 Å². The second-order valence-electron chi connectivity index (χ2n) is 4.50. The van der Waals surface area contributed by atoms with Crippen molar-refractivity contribution in [2.45, 2.75) is 25.8 Å². The quantitative estimate of drug-likeness (QED) is 0.830. The van der Waals surface area contributed by atoms with Gasteiger partial charge < -0.3 is 5.73 Å². The molecule has 2 rings (SSSR count). The Balaban J connectivity index is 2.21. The van der Waals surface area contributed by atoms with Gasteiger partial charge in [-0.15, -0.1) is 15.0 Å². The highest BCUT2D eigenvalue weighted by molar-refractivity contribution is 5.27. The molecule has 1 heterocycles. The smallest absolute Gasteiger partial charge is 0.177 e. The van der Waals surface area contributed by atoms with E-state index in [2.05, 4.69) is 15.4 Å². The maximum absolute atomic E-state index is 5.90. The Morgan fingerprint density at radius 2 is 1.94 bits per heavy atom. The number of rotatable bonds is 3. The number of para-hydroxylation sites is 1. The lowest BCUT2D eigenvalue weighted by Gasteiger charge is -2.14. The summed E-state index contributed by atoms with van der Waals surface area (Å²) in [5.74, 6) is 0.663. The molecule has 1 aromatic heterocycles. The molecule has 0 atom stereocenters. The molecule has 2 N–H and O–H groups in total. The van der Waals surface area contributed by atoms with Crippen LogP contribution in [0.25, 0.3) is 5.69 Å². The van der Waals surface area contributed by atoms with Crippen molar-refractivity contribution < 1.29 is 0 Å². The summed E-state index contributed by atoms with van der Waals surface area (Å²) >= 11 is 0. The van der Waals surface area contributed by atoms with Crippen molar-refractivity contribution in [2.24, 2.45) is 5.73 Å². The van der Waals surface area contributed by atoms with E-state index >= 15 is 0 Å². The van der Waals surface area contributed by atoms with Gasteiger partial charge in [0.15, 0.2) is 5.82 Å². The van der Waals surface area contributed by atoms with Crippen molar-refractivity contribution in [3.8, 4) is 5.69 Å². The zero-order valence-electron chi connectivity index (χ0n) is 9.46. The Labute approximate surface area is 94.3 Å². The Bertz CT molecular complexity index is 455. The van der Waals surface area contributed by atoms with Crippen molar-refractivity contribution in [1.29, 1.82) is 0 Å². The molecule has 0 saturated heterocycles. The molecule has 0 bridgehead atoms. The molecule has 0 aliphatic heterocycles. The molecule has 2 aromatic rings. The lowest BCUT2D eigenvalue weighted by molar-refractivity contribution is 0.501. The van der Waals surface area contributed by atoms with E-state index < -0.39 is 0 Å². The highest BCUT2D eigenvalue weighted by Gasteiger charge is 2.15. The average molecular weight is 217 g/mol. The summed E-state index contributed by atoms with van der Waals surface area (Å²) in [5, 5.41) is 12.3. The van der Waals surface area contributed by atoms with E-state index in [-0.39, 0.29) is 5.54 Å². The van der Waals surface area contributed by atoms with Crippen LogP contribution < -0.4 is 5.73 Å². The minimum atomic E-state index is -0.315. The molecule has 1 aromatic carbocycles. The van der Waals surface area contributed by atoms with Gasteiger partial charge in [-0.05, 0) is 31.2 Å². The van der Waals surface area contributed by atoms with E-state index in [1.807, 2.05) is 44.2 Å². The first-order chi connectivity index (χ1) is 7.54. The predicted octanol–water partition coefficient (Wildman–Crippen LogP) is 0.942. The van der Waals surface area contributed by atoms with Crippen LogP contribution >= 0.6 is 0 Å². The van der Waals surface area contributed by atoms with Crippen molar-refractivity contribution in [2.75, 3.05) is 0 Å². The lowest BCUT2D eigenvalue weighted by atomic mass is 10.0. The van der Waals surface area contributed by atoms with E-state index in [1.54, 1.807) is 0 Å². The molecule has 84 valence electrons. The SMILES string of the molecule is CC(C)(N)Cc1nnn(-c2ccccc2)n1. The van der Waals surface area contributed by atoms with E-state index in [1.165, 1.54) is 4.80 Å². The fourth-order valence-corrected chi connectivity index (χ4v) is 1.39. The molecule has 16 heavy (non-hydrogen) atoms. The molecule has 0 amide bonds. The summed E-state index contributed by atoms with van der Waals surface area (Å²) in [7, 11) is 0. The number of tetrazole rings is 1.